The molecule has 124 valence electrons. The minimum atomic E-state index is -0.174. The molecule has 0 aliphatic rings. The van der Waals surface area contributed by atoms with E-state index in [2.05, 4.69) is 29.4 Å². The quantitative estimate of drug-likeness (QED) is 0.776. The highest BCUT2D eigenvalue weighted by molar-refractivity contribution is 7.99. The van der Waals surface area contributed by atoms with Crippen LogP contribution in [0.25, 0.3) is 0 Å². The Morgan fingerprint density at radius 2 is 2.09 bits per heavy atom. The highest BCUT2D eigenvalue weighted by Crippen LogP contribution is 2.29. The number of nitrogens with one attached hydrogen (secondary N) is 1. The molecule has 0 fully saturated rings. The maximum Gasteiger partial charge on any atom is 0.234 e. The van der Waals surface area contributed by atoms with Crippen LogP contribution in [-0.2, 0) is 18.3 Å². The lowest BCUT2D eigenvalue weighted by atomic mass is 10.1. The fourth-order valence-corrected chi connectivity index (χ4v) is 3.01. The third-order valence-corrected chi connectivity index (χ3v) is 4.91. The van der Waals surface area contributed by atoms with E-state index in [1.54, 1.807) is 18.2 Å². The maximum atomic E-state index is 12.1. The van der Waals surface area contributed by atoms with Gasteiger partial charge in [-0.1, -0.05) is 54.9 Å². The molecule has 0 unspecified atom stereocenters. The fourth-order valence-electron chi connectivity index (χ4n) is 1.93. The summed E-state index contributed by atoms with van der Waals surface area (Å²) in [5, 5.41) is 12.5. The normalized spacial score (nSPS) is 11.0. The zero-order valence-corrected chi connectivity index (χ0v) is 15.5. The van der Waals surface area contributed by atoms with E-state index in [1.165, 1.54) is 11.8 Å². The molecule has 2 aromatic rings. The van der Waals surface area contributed by atoms with Crippen molar-refractivity contribution in [2.45, 2.75) is 25.4 Å². The van der Waals surface area contributed by atoms with Crippen molar-refractivity contribution in [1.82, 2.24) is 14.8 Å². The summed E-state index contributed by atoms with van der Waals surface area (Å²) >= 11 is 13.3. The minimum absolute atomic E-state index is 0.174. The molecule has 1 heterocycles. The molecular weight excluding hydrogens is 355 g/mol. The number of carbonyl (C=O) groups is 1. The summed E-state index contributed by atoms with van der Waals surface area (Å²) in [6.45, 7) is 4.26. The first kappa shape index (κ1) is 18.1. The van der Waals surface area contributed by atoms with Crippen LogP contribution < -0.4 is 5.32 Å². The van der Waals surface area contributed by atoms with Gasteiger partial charge in [0.1, 0.15) is 5.82 Å². The summed E-state index contributed by atoms with van der Waals surface area (Å²) in [7, 11) is 1.91. The van der Waals surface area contributed by atoms with Crippen LogP contribution in [0.15, 0.2) is 23.4 Å². The van der Waals surface area contributed by atoms with Gasteiger partial charge >= 0.3 is 0 Å². The van der Waals surface area contributed by atoms with E-state index in [1.807, 2.05) is 11.6 Å². The summed E-state index contributed by atoms with van der Waals surface area (Å²) in [6.07, 6.45) is 0.856. The van der Waals surface area contributed by atoms with Crippen LogP contribution >= 0.6 is 35.0 Å². The van der Waals surface area contributed by atoms with Gasteiger partial charge in [0.15, 0.2) is 5.16 Å². The number of nitrogens with zero attached hydrogens (tertiary/aromatic N) is 3. The summed E-state index contributed by atoms with van der Waals surface area (Å²) in [5.74, 6) is 1.47. The van der Waals surface area contributed by atoms with Gasteiger partial charge < -0.3 is 9.88 Å². The number of hydrogen-bond acceptors (Lipinski definition) is 4. The van der Waals surface area contributed by atoms with E-state index < -0.39 is 0 Å². The van der Waals surface area contributed by atoms with E-state index in [9.17, 15) is 4.79 Å². The lowest BCUT2D eigenvalue weighted by Crippen LogP contribution is -2.15. The smallest absolute Gasteiger partial charge is 0.234 e. The molecule has 0 saturated heterocycles. The van der Waals surface area contributed by atoms with Gasteiger partial charge in [-0.05, 0) is 18.1 Å². The second kappa shape index (κ2) is 8.04. The van der Waals surface area contributed by atoms with Gasteiger partial charge in [-0.15, -0.1) is 10.2 Å². The number of carbonyl (C=O) groups excluding carboxylic acids is 1. The van der Waals surface area contributed by atoms with Crippen molar-refractivity contribution in [2.24, 2.45) is 13.0 Å². The van der Waals surface area contributed by atoms with E-state index in [-0.39, 0.29) is 11.7 Å². The van der Waals surface area contributed by atoms with Crippen molar-refractivity contribution in [3.8, 4) is 0 Å². The molecule has 0 spiro atoms. The highest BCUT2D eigenvalue weighted by Gasteiger charge is 2.13. The third kappa shape index (κ3) is 4.86. The van der Waals surface area contributed by atoms with Crippen LogP contribution in [0.1, 0.15) is 19.7 Å². The number of aromatic nitrogens is 3. The first-order chi connectivity index (χ1) is 10.9. The summed E-state index contributed by atoms with van der Waals surface area (Å²) in [5.41, 5.74) is 0.503. The first-order valence-electron chi connectivity index (χ1n) is 7.13. The van der Waals surface area contributed by atoms with Crippen molar-refractivity contribution in [2.75, 3.05) is 11.1 Å². The second-order valence-corrected chi connectivity index (χ2v) is 7.22. The van der Waals surface area contributed by atoms with Crippen molar-refractivity contribution < 1.29 is 4.79 Å². The molecular formula is C15H18Cl2N4OS. The van der Waals surface area contributed by atoms with Crippen LogP contribution in [0.4, 0.5) is 5.69 Å². The average molecular weight is 373 g/mol. The Hall–Kier alpha value is -1.24. The van der Waals surface area contributed by atoms with Crippen LogP contribution in [0.2, 0.25) is 10.0 Å². The van der Waals surface area contributed by atoms with Crippen molar-refractivity contribution in [3.63, 3.8) is 0 Å². The van der Waals surface area contributed by atoms with Gasteiger partial charge in [0.2, 0.25) is 5.91 Å². The van der Waals surface area contributed by atoms with Gasteiger partial charge in [0.25, 0.3) is 0 Å². The molecule has 5 nitrogen and oxygen atoms in total. The molecule has 1 aromatic carbocycles. The molecule has 2 rings (SSSR count). The number of amides is 1. The molecule has 0 atom stereocenters. The monoisotopic (exact) mass is 372 g/mol. The Morgan fingerprint density at radius 1 is 1.35 bits per heavy atom. The summed E-state index contributed by atoms with van der Waals surface area (Å²) < 4.78 is 1.92. The Kier molecular flexibility index (Phi) is 6.33. The van der Waals surface area contributed by atoms with Crippen LogP contribution in [0, 0.1) is 5.92 Å². The highest BCUT2D eigenvalue weighted by atomic mass is 35.5. The first-order valence-corrected chi connectivity index (χ1v) is 8.87. The molecule has 0 aliphatic carbocycles. The van der Waals surface area contributed by atoms with Crippen LogP contribution in [0.3, 0.4) is 0 Å². The zero-order valence-electron chi connectivity index (χ0n) is 13.1. The molecule has 1 amide bonds. The minimum Gasteiger partial charge on any atom is -0.324 e. The topological polar surface area (TPSA) is 59.8 Å². The number of anilines is 1. The molecule has 0 bridgehead atoms. The molecule has 8 heteroatoms. The Morgan fingerprint density at radius 3 is 2.78 bits per heavy atom. The second-order valence-electron chi connectivity index (χ2n) is 5.49. The van der Waals surface area contributed by atoms with E-state index in [4.69, 9.17) is 23.2 Å². The number of hydrogen-bond donors (Lipinski definition) is 1. The van der Waals surface area contributed by atoms with Gasteiger partial charge in [0.05, 0.1) is 21.5 Å². The Bertz CT molecular complexity index is 703. The SMILES string of the molecule is CC(C)Cc1nnc(SCC(=O)Nc2cccc(Cl)c2Cl)n1C. The van der Waals surface area contributed by atoms with E-state index in [0.717, 1.165) is 12.2 Å². The molecule has 0 saturated carbocycles. The van der Waals surface area contributed by atoms with Crippen LogP contribution in [0.5, 0.6) is 0 Å². The third-order valence-electron chi connectivity index (χ3n) is 3.07. The van der Waals surface area contributed by atoms with Crippen molar-refractivity contribution in [1.29, 1.82) is 0 Å². The van der Waals surface area contributed by atoms with Crippen LogP contribution in [-0.4, -0.2) is 26.4 Å². The van der Waals surface area contributed by atoms with Gasteiger partial charge in [-0.25, -0.2) is 0 Å². The fraction of sp³-hybridized carbons (Fsp3) is 0.400. The molecule has 0 radical (unpaired) electrons. The zero-order chi connectivity index (χ0) is 17.0. The Labute approximate surface area is 149 Å². The van der Waals surface area contributed by atoms with Gasteiger partial charge in [-0.2, -0.15) is 0 Å². The van der Waals surface area contributed by atoms with Gasteiger partial charge in [0, 0.05) is 13.5 Å². The number of rotatable bonds is 6. The molecule has 1 aromatic heterocycles. The van der Waals surface area contributed by atoms with Crippen molar-refractivity contribution in [3.05, 3.63) is 34.1 Å². The average Bonchev–Trinajstić information content (AvgIpc) is 2.82. The van der Waals surface area contributed by atoms with Gasteiger partial charge in [-0.3, -0.25) is 4.79 Å². The number of halogens is 2. The standard InChI is InChI=1S/C15H18Cl2N4OS/c1-9(2)7-12-19-20-15(21(12)3)23-8-13(22)18-11-6-4-5-10(16)14(11)17/h4-6,9H,7-8H2,1-3H3,(H,18,22). The molecule has 0 aliphatic heterocycles. The molecule has 1 N–H and O–H groups in total. The summed E-state index contributed by atoms with van der Waals surface area (Å²) in [6, 6.07) is 5.11. The lowest BCUT2D eigenvalue weighted by molar-refractivity contribution is -0.113. The maximum absolute atomic E-state index is 12.1. The molecule has 23 heavy (non-hydrogen) atoms. The van der Waals surface area contributed by atoms with E-state index >= 15 is 0 Å². The summed E-state index contributed by atoms with van der Waals surface area (Å²) in [4.78, 5) is 12.1. The number of benzene rings is 1. The lowest BCUT2D eigenvalue weighted by Gasteiger charge is -2.08. The number of thioether (sulfide) groups is 1. The van der Waals surface area contributed by atoms with E-state index in [0.29, 0.717) is 26.8 Å². The van der Waals surface area contributed by atoms with Crippen molar-refractivity contribution >= 4 is 46.6 Å². The predicted molar refractivity (Wildman–Crippen MR) is 95.4 cm³/mol. The largest absolute Gasteiger partial charge is 0.324 e. The Balaban J connectivity index is 1.94. The predicted octanol–water partition coefficient (Wildman–Crippen LogP) is 4.05.